The molecular formula is C20H20ClN5O2. The Labute approximate surface area is 167 Å². The van der Waals surface area contributed by atoms with E-state index in [2.05, 4.69) is 15.1 Å². The van der Waals surface area contributed by atoms with Gasteiger partial charge in [-0.15, -0.1) is 0 Å². The molecule has 0 bridgehead atoms. The Morgan fingerprint density at radius 2 is 2.04 bits per heavy atom. The third kappa shape index (κ3) is 3.76. The third-order valence-electron chi connectivity index (χ3n) is 4.87. The van der Waals surface area contributed by atoms with E-state index in [1.165, 1.54) is 0 Å². The summed E-state index contributed by atoms with van der Waals surface area (Å²) < 4.78 is 7.08. The molecule has 1 amide bonds. The predicted octanol–water partition coefficient (Wildman–Crippen LogP) is 3.23. The fourth-order valence-corrected chi connectivity index (χ4v) is 3.44. The van der Waals surface area contributed by atoms with Crippen LogP contribution < -0.4 is 0 Å². The Balaban J connectivity index is 1.69. The van der Waals surface area contributed by atoms with Crippen LogP contribution in [0.2, 0.25) is 5.02 Å². The van der Waals surface area contributed by atoms with Crippen molar-refractivity contribution in [3.05, 3.63) is 59.6 Å². The second-order valence-corrected chi connectivity index (χ2v) is 7.06. The molecule has 1 fully saturated rings. The van der Waals surface area contributed by atoms with E-state index in [9.17, 15) is 4.79 Å². The Bertz CT molecular complexity index is 950. The molecule has 3 aromatic rings. The van der Waals surface area contributed by atoms with E-state index in [0.29, 0.717) is 35.2 Å². The minimum atomic E-state index is -0.0904. The second kappa shape index (κ2) is 8.08. The van der Waals surface area contributed by atoms with Gasteiger partial charge in [0.1, 0.15) is 0 Å². The summed E-state index contributed by atoms with van der Waals surface area (Å²) in [6.07, 6.45) is 6.85. The molecule has 0 unspecified atom stereocenters. The maximum absolute atomic E-state index is 13.0. The molecule has 0 radical (unpaired) electrons. The molecule has 1 aliphatic heterocycles. The average Bonchev–Trinajstić information content (AvgIpc) is 3.20. The van der Waals surface area contributed by atoms with Crippen LogP contribution in [0.5, 0.6) is 0 Å². The number of pyridine rings is 2. The number of methoxy groups -OCH3 is 1. The molecule has 0 atom stereocenters. The fraction of sp³-hybridized carbons (Fsp3) is 0.300. The van der Waals surface area contributed by atoms with Crippen molar-refractivity contribution in [3.63, 3.8) is 0 Å². The summed E-state index contributed by atoms with van der Waals surface area (Å²) in [5.74, 6) is -0.0904. The van der Waals surface area contributed by atoms with Crippen molar-refractivity contribution in [2.75, 3.05) is 20.2 Å². The van der Waals surface area contributed by atoms with Crippen LogP contribution in [0.1, 0.15) is 23.3 Å². The highest BCUT2D eigenvalue weighted by Gasteiger charge is 2.26. The number of carbonyl (C=O) groups is 1. The van der Waals surface area contributed by atoms with Crippen molar-refractivity contribution in [3.8, 4) is 17.1 Å². The number of piperidine rings is 1. The van der Waals surface area contributed by atoms with Crippen LogP contribution in [0.3, 0.4) is 0 Å². The highest BCUT2D eigenvalue weighted by atomic mass is 35.5. The average molecular weight is 398 g/mol. The first-order valence-electron chi connectivity index (χ1n) is 9.10. The predicted molar refractivity (Wildman–Crippen MR) is 106 cm³/mol. The van der Waals surface area contributed by atoms with Crippen molar-refractivity contribution in [1.29, 1.82) is 0 Å². The zero-order chi connectivity index (χ0) is 19.5. The lowest BCUT2D eigenvalue weighted by molar-refractivity contribution is 0.0347. The number of rotatable bonds is 4. The van der Waals surface area contributed by atoms with Gasteiger partial charge in [0.25, 0.3) is 5.91 Å². The van der Waals surface area contributed by atoms with Gasteiger partial charge in [-0.2, -0.15) is 5.10 Å². The van der Waals surface area contributed by atoms with Gasteiger partial charge in [0, 0.05) is 32.6 Å². The third-order valence-corrected chi connectivity index (χ3v) is 5.09. The lowest BCUT2D eigenvalue weighted by atomic mass is 10.1. The molecule has 0 saturated carbocycles. The monoisotopic (exact) mass is 397 g/mol. The fourth-order valence-electron chi connectivity index (χ4n) is 3.33. The smallest absolute Gasteiger partial charge is 0.274 e. The molecule has 0 aromatic carbocycles. The molecular weight excluding hydrogens is 378 g/mol. The summed E-state index contributed by atoms with van der Waals surface area (Å²) in [5.41, 5.74) is 2.52. The van der Waals surface area contributed by atoms with Gasteiger partial charge in [-0.1, -0.05) is 11.6 Å². The van der Waals surface area contributed by atoms with Crippen LogP contribution >= 0.6 is 11.6 Å². The molecule has 3 aromatic heterocycles. The Kier molecular flexibility index (Phi) is 5.36. The van der Waals surface area contributed by atoms with E-state index in [0.717, 1.165) is 18.5 Å². The molecule has 1 aliphatic rings. The van der Waals surface area contributed by atoms with E-state index in [4.69, 9.17) is 16.3 Å². The van der Waals surface area contributed by atoms with Gasteiger partial charge < -0.3 is 9.64 Å². The first-order valence-corrected chi connectivity index (χ1v) is 9.48. The maximum atomic E-state index is 13.0. The second-order valence-electron chi connectivity index (χ2n) is 6.63. The zero-order valence-corrected chi connectivity index (χ0v) is 16.2. The van der Waals surface area contributed by atoms with Gasteiger partial charge in [0.05, 0.1) is 34.4 Å². The lowest BCUT2D eigenvalue weighted by Crippen LogP contribution is -2.40. The van der Waals surface area contributed by atoms with E-state index in [1.807, 2.05) is 23.1 Å². The summed E-state index contributed by atoms with van der Waals surface area (Å²) in [7, 11) is 1.71. The molecule has 0 N–H and O–H groups in total. The van der Waals surface area contributed by atoms with Gasteiger partial charge in [0.2, 0.25) is 0 Å². The van der Waals surface area contributed by atoms with E-state index in [-0.39, 0.29) is 12.0 Å². The number of ether oxygens (including phenoxy) is 1. The summed E-state index contributed by atoms with van der Waals surface area (Å²) in [6.45, 7) is 1.32. The van der Waals surface area contributed by atoms with Gasteiger partial charge in [-0.25, -0.2) is 4.68 Å². The SMILES string of the molecule is COC1CCN(C(=O)c2cc(-c3ccc(Cl)cn3)n(-c3cccnc3)n2)CC1. The molecule has 0 spiro atoms. The van der Waals surface area contributed by atoms with E-state index >= 15 is 0 Å². The molecule has 7 nitrogen and oxygen atoms in total. The molecule has 144 valence electrons. The van der Waals surface area contributed by atoms with Gasteiger partial charge in [-0.05, 0) is 43.2 Å². The number of halogens is 1. The minimum absolute atomic E-state index is 0.0904. The number of aromatic nitrogens is 4. The molecule has 4 rings (SSSR count). The largest absolute Gasteiger partial charge is 0.381 e. The normalized spacial score (nSPS) is 15.0. The van der Waals surface area contributed by atoms with Gasteiger partial charge in [0.15, 0.2) is 5.69 Å². The summed E-state index contributed by atoms with van der Waals surface area (Å²) in [6, 6.07) is 9.06. The zero-order valence-electron chi connectivity index (χ0n) is 15.5. The quantitative estimate of drug-likeness (QED) is 0.675. The topological polar surface area (TPSA) is 73.1 Å². The molecule has 0 aliphatic carbocycles. The van der Waals surface area contributed by atoms with Crippen LogP contribution in [0, 0.1) is 0 Å². The number of likely N-dealkylation sites (tertiary alicyclic amines) is 1. The maximum Gasteiger partial charge on any atom is 0.274 e. The van der Waals surface area contributed by atoms with Gasteiger partial charge in [-0.3, -0.25) is 14.8 Å². The lowest BCUT2D eigenvalue weighted by Gasteiger charge is -2.30. The number of hydrogen-bond donors (Lipinski definition) is 0. The molecule has 4 heterocycles. The highest BCUT2D eigenvalue weighted by molar-refractivity contribution is 6.30. The molecule has 8 heteroatoms. The Morgan fingerprint density at radius 3 is 2.68 bits per heavy atom. The molecule has 28 heavy (non-hydrogen) atoms. The first-order chi connectivity index (χ1) is 13.7. The standard InChI is InChI=1S/C20H20ClN5O2/c1-28-16-6-9-25(10-7-16)20(27)18-11-19(17-5-4-14(21)12-23-17)26(24-18)15-3-2-8-22-13-15/h2-5,8,11-13,16H,6-7,9-10H2,1H3. The molecule has 1 saturated heterocycles. The first kappa shape index (κ1) is 18.6. The highest BCUT2D eigenvalue weighted by Crippen LogP contribution is 2.24. The number of hydrogen-bond acceptors (Lipinski definition) is 5. The number of carbonyl (C=O) groups excluding carboxylic acids is 1. The Hall–Kier alpha value is -2.77. The summed E-state index contributed by atoms with van der Waals surface area (Å²) in [5, 5.41) is 5.12. The summed E-state index contributed by atoms with van der Waals surface area (Å²) in [4.78, 5) is 23.4. The van der Waals surface area contributed by atoms with Gasteiger partial charge >= 0.3 is 0 Å². The van der Waals surface area contributed by atoms with E-state index < -0.39 is 0 Å². The van der Waals surface area contributed by atoms with Crippen LogP contribution in [-0.2, 0) is 4.74 Å². The van der Waals surface area contributed by atoms with Crippen LogP contribution in [0.15, 0.2) is 48.9 Å². The van der Waals surface area contributed by atoms with Crippen molar-refractivity contribution in [2.45, 2.75) is 18.9 Å². The minimum Gasteiger partial charge on any atom is -0.381 e. The number of nitrogens with zero attached hydrogens (tertiary/aromatic N) is 5. The van der Waals surface area contributed by atoms with Crippen LogP contribution in [0.4, 0.5) is 0 Å². The van der Waals surface area contributed by atoms with E-state index in [1.54, 1.807) is 42.5 Å². The summed E-state index contributed by atoms with van der Waals surface area (Å²) >= 11 is 5.97. The van der Waals surface area contributed by atoms with Crippen molar-refractivity contribution in [2.24, 2.45) is 0 Å². The van der Waals surface area contributed by atoms with Crippen LogP contribution in [-0.4, -0.2) is 56.9 Å². The van der Waals surface area contributed by atoms with Crippen LogP contribution in [0.25, 0.3) is 17.1 Å². The van der Waals surface area contributed by atoms with Crippen molar-refractivity contribution in [1.82, 2.24) is 24.6 Å². The van der Waals surface area contributed by atoms with Crippen molar-refractivity contribution < 1.29 is 9.53 Å². The Morgan fingerprint density at radius 1 is 1.21 bits per heavy atom. The van der Waals surface area contributed by atoms with Crippen molar-refractivity contribution >= 4 is 17.5 Å². The number of amides is 1.